The summed E-state index contributed by atoms with van der Waals surface area (Å²) in [6.45, 7) is 5.73. The third-order valence-electron chi connectivity index (χ3n) is 3.37. The predicted molar refractivity (Wildman–Crippen MR) is 83.2 cm³/mol. The van der Waals surface area contributed by atoms with E-state index in [9.17, 15) is 4.79 Å². The number of rotatable bonds is 5. The van der Waals surface area contributed by atoms with Gasteiger partial charge in [-0.3, -0.25) is 4.79 Å². The fourth-order valence-corrected chi connectivity index (χ4v) is 3.54. The van der Waals surface area contributed by atoms with Crippen LogP contribution in [-0.2, 0) is 0 Å². The Balaban J connectivity index is 1.94. The van der Waals surface area contributed by atoms with E-state index >= 15 is 0 Å². The SMILES string of the molecule is CCNc1ccc(C(=O)NCC2CCCS2)c(C)c1. The van der Waals surface area contributed by atoms with E-state index in [0.29, 0.717) is 5.25 Å². The first-order chi connectivity index (χ1) is 9.20. The van der Waals surface area contributed by atoms with Gasteiger partial charge < -0.3 is 10.6 Å². The number of nitrogens with one attached hydrogen (secondary N) is 2. The van der Waals surface area contributed by atoms with Crippen LogP contribution in [0.25, 0.3) is 0 Å². The van der Waals surface area contributed by atoms with Crippen LogP contribution in [0, 0.1) is 6.92 Å². The Bertz CT molecular complexity index is 442. The minimum Gasteiger partial charge on any atom is -0.385 e. The molecule has 2 N–H and O–H groups in total. The van der Waals surface area contributed by atoms with E-state index in [0.717, 1.165) is 29.9 Å². The van der Waals surface area contributed by atoms with Crippen molar-refractivity contribution in [3.8, 4) is 0 Å². The third kappa shape index (κ3) is 3.90. The van der Waals surface area contributed by atoms with E-state index in [-0.39, 0.29) is 5.91 Å². The summed E-state index contributed by atoms with van der Waals surface area (Å²) >= 11 is 1.97. The van der Waals surface area contributed by atoms with Crippen molar-refractivity contribution >= 4 is 23.4 Å². The van der Waals surface area contributed by atoms with E-state index in [1.54, 1.807) is 0 Å². The van der Waals surface area contributed by atoms with Gasteiger partial charge in [-0.15, -0.1) is 0 Å². The number of thioether (sulfide) groups is 1. The molecule has 0 radical (unpaired) electrons. The van der Waals surface area contributed by atoms with Crippen molar-refractivity contribution in [2.75, 3.05) is 24.2 Å². The number of hydrogen-bond donors (Lipinski definition) is 2. The molecule has 1 atom stereocenters. The lowest BCUT2D eigenvalue weighted by atomic mass is 10.1. The first-order valence-corrected chi connectivity index (χ1v) is 8.00. The highest BCUT2D eigenvalue weighted by atomic mass is 32.2. The summed E-state index contributed by atoms with van der Waals surface area (Å²) in [6.07, 6.45) is 2.50. The molecule has 1 fully saturated rings. The van der Waals surface area contributed by atoms with Gasteiger partial charge in [0, 0.05) is 29.6 Å². The van der Waals surface area contributed by atoms with Gasteiger partial charge in [0.1, 0.15) is 0 Å². The molecule has 2 rings (SSSR count). The quantitative estimate of drug-likeness (QED) is 0.870. The van der Waals surface area contributed by atoms with Gasteiger partial charge in [-0.25, -0.2) is 0 Å². The van der Waals surface area contributed by atoms with Gasteiger partial charge in [0.25, 0.3) is 5.91 Å². The maximum atomic E-state index is 12.2. The first-order valence-electron chi connectivity index (χ1n) is 6.95. The van der Waals surface area contributed by atoms with Gasteiger partial charge in [0.15, 0.2) is 0 Å². The topological polar surface area (TPSA) is 41.1 Å². The molecule has 0 aliphatic carbocycles. The Kier molecular flexibility index (Phi) is 5.14. The minimum atomic E-state index is 0.0491. The molecule has 1 saturated heterocycles. The Hall–Kier alpha value is -1.16. The molecule has 1 aliphatic heterocycles. The second-order valence-corrected chi connectivity index (χ2v) is 6.31. The van der Waals surface area contributed by atoms with E-state index in [4.69, 9.17) is 0 Å². The Morgan fingerprint density at radius 3 is 2.95 bits per heavy atom. The van der Waals surface area contributed by atoms with Crippen LogP contribution in [-0.4, -0.2) is 30.0 Å². The minimum absolute atomic E-state index is 0.0491. The van der Waals surface area contributed by atoms with E-state index < -0.39 is 0 Å². The zero-order valence-corrected chi connectivity index (χ0v) is 12.5. The van der Waals surface area contributed by atoms with Crippen LogP contribution in [0.2, 0.25) is 0 Å². The van der Waals surface area contributed by atoms with Gasteiger partial charge in [-0.1, -0.05) is 0 Å². The molecule has 1 unspecified atom stereocenters. The largest absolute Gasteiger partial charge is 0.385 e. The molecule has 1 aromatic carbocycles. The molecule has 104 valence electrons. The van der Waals surface area contributed by atoms with Crippen molar-refractivity contribution in [1.29, 1.82) is 0 Å². The molecule has 1 aliphatic rings. The maximum absolute atomic E-state index is 12.2. The van der Waals surface area contributed by atoms with Crippen molar-refractivity contribution < 1.29 is 4.79 Å². The standard InChI is InChI=1S/C15H22N2OS/c1-3-16-12-6-7-14(11(2)9-12)15(18)17-10-13-5-4-8-19-13/h6-7,9,13,16H,3-5,8,10H2,1-2H3,(H,17,18). The Morgan fingerprint density at radius 2 is 2.32 bits per heavy atom. The summed E-state index contributed by atoms with van der Waals surface area (Å²) in [5.41, 5.74) is 2.88. The van der Waals surface area contributed by atoms with Crippen molar-refractivity contribution in [3.63, 3.8) is 0 Å². The van der Waals surface area contributed by atoms with Gasteiger partial charge in [-0.2, -0.15) is 11.8 Å². The molecule has 1 aromatic rings. The van der Waals surface area contributed by atoms with E-state index in [1.807, 2.05) is 36.9 Å². The van der Waals surface area contributed by atoms with Crippen LogP contribution in [0.15, 0.2) is 18.2 Å². The van der Waals surface area contributed by atoms with E-state index in [2.05, 4.69) is 17.6 Å². The lowest BCUT2D eigenvalue weighted by Crippen LogP contribution is -2.30. The zero-order chi connectivity index (χ0) is 13.7. The van der Waals surface area contributed by atoms with Gasteiger partial charge in [-0.05, 0) is 56.2 Å². The summed E-state index contributed by atoms with van der Waals surface area (Å²) < 4.78 is 0. The van der Waals surface area contributed by atoms with Crippen LogP contribution in [0.3, 0.4) is 0 Å². The predicted octanol–water partition coefficient (Wildman–Crippen LogP) is 3.05. The normalized spacial score (nSPS) is 18.3. The fourth-order valence-electron chi connectivity index (χ4n) is 2.34. The summed E-state index contributed by atoms with van der Waals surface area (Å²) in [5, 5.41) is 6.91. The van der Waals surface area contributed by atoms with Crippen LogP contribution in [0.1, 0.15) is 35.7 Å². The van der Waals surface area contributed by atoms with Crippen LogP contribution >= 0.6 is 11.8 Å². The summed E-state index contributed by atoms with van der Waals surface area (Å²) in [4.78, 5) is 12.2. The molecule has 1 amide bonds. The smallest absolute Gasteiger partial charge is 0.251 e. The van der Waals surface area contributed by atoms with Crippen molar-refractivity contribution in [2.45, 2.75) is 31.9 Å². The number of benzene rings is 1. The fraction of sp³-hybridized carbons (Fsp3) is 0.533. The van der Waals surface area contributed by atoms with Gasteiger partial charge >= 0.3 is 0 Å². The van der Waals surface area contributed by atoms with Gasteiger partial charge in [0.2, 0.25) is 0 Å². The number of carbonyl (C=O) groups is 1. The molecule has 0 spiro atoms. The molecule has 0 bridgehead atoms. The maximum Gasteiger partial charge on any atom is 0.251 e. The Morgan fingerprint density at radius 1 is 1.47 bits per heavy atom. The van der Waals surface area contributed by atoms with Crippen LogP contribution in [0.4, 0.5) is 5.69 Å². The average molecular weight is 278 g/mol. The number of carbonyl (C=O) groups excluding carboxylic acids is 1. The second-order valence-electron chi connectivity index (χ2n) is 4.91. The molecule has 0 saturated carbocycles. The summed E-state index contributed by atoms with van der Waals surface area (Å²) in [7, 11) is 0. The van der Waals surface area contributed by atoms with Crippen LogP contribution < -0.4 is 10.6 Å². The number of amides is 1. The third-order valence-corrected chi connectivity index (χ3v) is 4.76. The first kappa shape index (κ1) is 14.3. The average Bonchev–Trinajstić information content (AvgIpc) is 2.89. The summed E-state index contributed by atoms with van der Waals surface area (Å²) in [6, 6.07) is 5.91. The molecular weight excluding hydrogens is 256 g/mol. The highest BCUT2D eigenvalue weighted by Crippen LogP contribution is 2.25. The summed E-state index contributed by atoms with van der Waals surface area (Å²) in [5.74, 6) is 1.28. The van der Waals surface area contributed by atoms with Crippen molar-refractivity contribution in [3.05, 3.63) is 29.3 Å². The molecule has 1 heterocycles. The van der Waals surface area contributed by atoms with Crippen molar-refractivity contribution in [1.82, 2.24) is 5.32 Å². The Labute approximate surface area is 119 Å². The number of hydrogen-bond acceptors (Lipinski definition) is 3. The highest BCUT2D eigenvalue weighted by molar-refractivity contribution is 8.00. The van der Waals surface area contributed by atoms with E-state index in [1.165, 1.54) is 18.6 Å². The lowest BCUT2D eigenvalue weighted by molar-refractivity contribution is 0.0953. The molecule has 19 heavy (non-hydrogen) atoms. The lowest BCUT2D eigenvalue weighted by Gasteiger charge is -2.12. The molecule has 4 heteroatoms. The number of anilines is 1. The van der Waals surface area contributed by atoms with Crippen LogP contribution in [0.5, 0.6) is 0 Å². The molecule has 0 aromatic heterocycles. The van der Waals surface area contributed by atoms with Gasteiger partial charge in [0.05, 0.1) is 0 Å². The van der Waals surface area contributed by atoms with Crippen molar-refractivity contribution in [2.24, 2.45) is 0 Å². The second kappa shape index (κ2) is 6.85. The number of aryl methyl sites for hydroxylation is 1. The monoisotopic (exact) mass is 278 g/mol. The molecule has 3 nitrogen and oxygen atoms in total. The highest BCUT2D eigenvalue weighted by Gasteiger charge is 2.17. The molecular formula is C15H22N2OS. The zero-order valence-electron chi connectivity index (χ0n) is 11.7.